The fraction of sp³-hybridized carbons (Fsp3) is 0.692. The van der Waals surface area contributed by atoms with Crippen LogP contribution in [-0.2, 0) is 16.1 Å². The fourth-order valence-electron chi connectivity index (χ4n) is 4.69. The predicted molar refractivity (Wildman–Crippen MR) is 129 cm³/mol. The molecule has 0 aromatic heterocycles. The molecule has 0 atom stereocenters. The maximum atomic E-state index is 12.1. The van der Waals surface area contributed by atoms with Crippen LogP contribution in [0, 0.1) is 5.92 Å². The van der Waals surface area contributed by atoms with E-state index >= 15 is 0 Å². The number of alkyl carbamates (subject to hydrolysis) is 2. The lowest BCUT2D eigenvalue weighted by Crippen LogP contribution is -2.45. The van der Waals surface area contributed by atoms with Crippen molar-refractivity contribution in [3.63, 3.8) is 0 Å². The van der Waals surface area contributed by atoms with Crippen molar-refractivity contribution in [2.45, 2.75) is 102 Å². The Bertz CT molecular complexity index is 734. The zero-order valence-corrected chi connectivity index (χ0v) is 20.4. The van der Waals surface area contributed by atoms with E-state index < -0.39 is 5.60 Å². The minimum Gasteiger partial charge on any atom is -0.445 e. The zero-order valence-electron chi connectivity index (χ0n) is 20.4. The number of hydrogen-bond donors (Lipinski definition) is 3. The molecule has 2 aliphatic carbocycles. The van der Waals surface area contributed by atoms with Gasteiger partial charge in [-0.3, -0.25) is 0 Å². The Kier molecular flexibility index (Phi) is 9.41. The van der Waals surface area contributed by atoms with Crippen LogP contribution >= 0.6 is 0 Å². The third kappa shape index (κ3) is 9.62. The van der Waals surface area contributed by atoms with Crippen molar-refractivity contribution in [2.24, 2.45) is 5.92 Å². The molecule has 2 aliphatic rings. The molecule has 0 heterocycles. The molecule has 0 saturated heterocycles. The third-order valence-corrected chi connectivity index (χ3v) is 6.52. The molecule has 1 aromatic rings. The first-order valence-electron chi connectivity index (χ1n) is 12.5. The average molecular weight is 460 g/mol. The van der Waals surface area contributed by atoms with Gasteiger partial charge in [0.05, 0.1) is 0 Å². The van der Waals surface area contributed by atoms with Crippen molar-refractivity contribution in [1.29, 1.82) is 0 Å². The van der Waals surface area contributed by atoms with Crippen LogP contribution < -0.4 is 16.0 Å². The van der Waals surface area contributed by atoms with Gasteiger partial charge in [0.15, 0.2) is 0 Å². The van der Waals surface area contributed by atoms with Gasteiger partial charge in [-0.25, -0.2) is 9.59 Å². The second kappa shape index (κ2) is 12.3. The standard InChI is InChI=1S/C26H41N3O4/c1-26(2,3)33-25(31)29-23-15-13-21(14-16-23)27-17-19-9-11-22(12-10-19)28-24(30)32-18-20-7-5-4-6-8-20/h4-8,19,21-23,27H,9-18H2,1-3H3,(H,28,30)(H,29,31). The molecule has 7 heteroatoms. The minimum atomic E-state index is -0.458. The van der Waals surface area contributed by atoms with Crippen LogP contribution in [0.15, 0.2) is 30.3 Å². The van der Waals surface area contributed by atoms with Crippen molar-refractivity contribution in [3.05, 3.63) is 35.9 Å². The van der Waals surface area contributed by atoms with Crippen LogP contribution in [0.1, 0.15) is 77.7 Å². The van der Waals surface area contributed by atoms with Crippen LogP contribution in [-0.4, -0.2) is 42.5 Å². The van der Waals surface area contributed by atoms with E-state index in [1.165, 1.54) is 0 Å². The highest BCUT2D eigenvalue weighted by Gasteiger charge is 2.27. The highest BCUT2D eigenvalue weighted by molar-refractivity contribution is 5.68. The number of nitrogens with one attached hydrogen (secondary N) is 3. The van der Waals surface area contributed by atoms with Gasteiger partial charge in [0, 0.05) is 18.1 Å². The second-order valence-corrected chi connectivity index (χ2v) is 10.5. The molecule has 184 valence electrons. The molecule has 2 amide bonds. The second-order valence-electron chi connectivity index (χ2n) is 10.5. The summed E-state index contributed by atoms with van der Waals surface area (Å²) in [5, 5.41) is 9.77. The maximum absolute atomic E-state index is 12.1. The molecule has 2 saturated carbocycles. The van der Waals surface area contributed by atoms with Gasteiger partial charge in [-0.05, 0) is 90.2 Å². The molecule has 0 radical (unpaired) electrons. The Morgan fingerprint density at radius 1 is 0.818 bits per heavy atom. The van der Waals surface area contributed by atoms with Crippen molar-refractivity contribution < 1.29 is 19.1 Å². The Hall–Kier alpha value is -2.28. The lowest BCUT2D eigenvalue weighted by Gasteiger charge is -2.33. The summed E-state index contributed by atoms with van der Waals surface area (Å²) in [5.74, 6) is 0.654. The van der Waals surface area contributed by atoms with Gasteiger partial charge >= 0.3 is 12.2 Å². The zero-order chi connectivity index (χ0) is 23.7. The molecule has 0 spiro atoms. The molecule has 0 bridgehead atoms. The third-order valence-electron chi connectivity index (χ3n) is 6.52. The molecule has 2 fully saturated rings. The number of hydrogen-bond acceptors (Lipinski definition) is 5. The number of carbonyl (C=O) groups excluding carboxylic acids is 2. The fourth-order valence-corrected chi connectivity index (χ4v) is 4.69. The lowest BCUT2D eigenvalue weighted by molar-refractivity contribution is 0.0489. The molecular weight excluding hydrogens is 418 g/mol. The average Bonchev–Trinajstić information content (AvgIpc) is 2.78. The van der Waals surface area contributed by atoms with Crippen molar-refractivity contribution in [2.75, 3.05) is 6.54 Å². The first-order valence-corrected chi connectivity index (χ1v) is 12.5. The normalized spacial score (nSPS) is 25.7. The predicted octanol–water partition coefficient (Wildman–Crippen LogP) is 4.90. The van der Waals surface area contributed by atoms with Gasteiger partial charge in [0.1, 0.15) is 12.2 Å². The van der Waals surface area contributed by atoms with E-state index in [0.717, 1.165) is 63.5 Å². The van der Waals surface area contributed by atoms with E-state index in [1.807, 2.05) is 51.1 Å². The Labute approximate surface area is 198 Å². The van der Waals surface area contributed by atoms with E-state index in [4.69, 9.17) is 9.47 Å². The van der Waals surface area contributed by atoms with Gasteiger partial charge in [-0.15, -0.1) is 0 Å². The topological polar surface area (TPSA) is 88.7 Å². The van der Waals surface area contributed by atoms with Crippen LogP contribution in [0.2, 0.25) is 0 Å². The molecule has 3 rings (SSSR count). The highest BCUT2D eigenvalue weighted by Crippen LogP contribution is 2.25. The summed E-state index contributed by atoms with van der Waals surface area (Å²) in [6.45, 7) is 6.99. The summed E-state index contributed by atoms with van der Waals surface area (Å²) in [5.41, 5.74) is 0.539. The molecule has 1 aromatic carbocycles. The van der Waals surface area contributed by atoms with Crippen LogP contribution in [0.4, 0.5) is 9.59 Å². The van der Waals surface area contributed by atoms with Gasteiger partial charge in [-0.1, -0.05) is 30.3 Å². The van der Waals surface area contributed by atoms with E-state index in [9.17, 15) is 9.59 Å². The van der Waals surface area contributed by atoms with Gasteiger partial charge in [0.2, 0.25) is 0 Å². The van der Waals surface area contributed by atoms with Gasteiger partial charge < -0.3 is 25.4 Å². The number of rotatable bonds is 7. The summed E-state index contributed by atoms with van der Waals surface area (Å²) in [7, 11) is 0. The van der Waals surface area contributed by atoms with E-state index in [0.29, 0.717) is 18.6 Å². The quantitative estimate of drug-likeness (QED) is 0.540. The number of benzene rings is 1. The number of carbonyl (C=O) groups is 2. The summed E-state index contributed by atoms with van der Waals surface area (Å²) < 4.78 is 10.7. The SMILES string of the molecule is CC(C)(C)OC(=O)NC1CCC(NCC2CCC(NC(=O)OCc3ccccc3)CC2)CC1. The van der Waals surface area contributed by atoms with Crippen LogP contribution in [0.5, 0.6) is 0 Å². The minimum absolute atomic E-state index is 0.207. The van der Waals surface area contributed by atoms with Crippen molar-refractivity contribution in [1.82, 2.24) is 16.0 Å². The molecular formula is C26H41N3O4. The molecule has 0 unspecified atom stereocenters. The van der Waals surface area contributed by atoms with E-state index in [2.05, 4.69) is 16.0 Å². The Balaban J connectivity index is 1.24. The largest absolute Gasteiger partial charge is 0.445 e. The smallest absolute Gasteiger partial charge is 0.407 e. The van der Waals surface area contributed by atoms with Crippen molar-refractivity contribution >= 4 is 12.2 Å². The lowest BCUT2D eigenvalue weighted by atomic mass is 9.85. The van der Waals surface area contributed by atoms with E-state index in [-0.39, 0.29) is 24.3 Å². The summed E-state index contributed by atoms with van der Waals surface area (Å²) in [4.78, 5) is 24.0. The number of ether oxygens (including phenoxy) is 2. The maximum Gasteiger partial charge on any atom is 0.407 e. The summed E-state index contributed by atoms with van der Waals surface area (Å²) in [6.07, 6.45) is 7.72. The first-order chi connectivity index (χ1) is 15.8. The van der Waals surface area contributed by atoms with Crippen LogP contribution in [0.25, 0.3) is 0 Å². The Morgan fingerprint density at radius 3 is 1.97 bits per heavy atom. The molecule has 7 nitrogen and oxygen atoms in total. The molecule has 0 aliphatic heterocycles. The number of amides is 2. The Morgan fingerprint density at radius 2 is 1.36 bits per heavy atom. The highest BCUT2D eigenvalue weighted by atomic mass is 16.6. The van der Waals surface area contributed by atoms with E-state index in [1.54, 1.807) is 0 Å². The van der Waals surface area contributed by atoms with Crippen molar-refractivity contribution in [3.8, 4) is 0 Å². The molecule has 3 N–H and O–H groups in total. The molecule has 33 heavy (non-hydrogen) atoms. The van der Waals surface area contributed by atoms with Gasteiger partial charge in [0.25, 0.3) is 0 Å². The van der Waals surface area contributed by atoms with Crippen LogP contribution in [0.3, 0.4) is 0 Å². The summed E-state index contributed by atoms with van der Waals surface area (Å²) in [6, 6.07) is 10.7. The summed E-state index contributed by atoms with van der Waals surface area (Å²) >= 11 is 0. The monoisotopic (exact) mass is 459 g/mol. The first kappa shape index (κ1) is 25.3. The van der Waals surface area contributed by atoms with Gasteiger partial charge in [-0.2, -0.15) is 0 Å².